The SMILES string of the molecule is O=C(NN1CCCCC1C(=O)c1ccccc1)c1ccccc1-c1ccccc1. The minimum Gasteiger partial charge on any atom is -0.292 e. The van der Waals surface area contributed by atoms with Crippen LogP contribution in [0, 0.1) is 0 Å². The summed E-state index contributed by atoms with van der Waals surface area (Å²) in [6.07, 6.45) is 2.68. The fourth-order valence-corrected chi connectivity index (χ4v) is 3.87. The number of nitrogens with zero attached hydrogens (tertiary/aromatic N) is 1. The number of piperidine rings is 1. The maximum atomic E-state index is 13.1. The van der Waals surface area contributed by atoms with Gasteiger partial charge in [0.2, 0.25) is 0 Å². The first-order valence-electron chi connectivity index (χ1n) is 10.1. The molecule has 0 saturated carbocycles. The van der Waals surface area contributed by atoms with Crippen LogP contribution in [0.3, 0.4) is 0 Å². The van der Waals surface area contributed by atoms with Gasteiger partial charge in [0.25, 0.3) is 5.91 Å². The summed E-state index contributed by atoms with van der Waals surface area (Å²) >= 11 is 0. The van der Waals surface area contributed by atoms with Crippen LogP contribution in [0.4, 0.5) is 0 Å². The van der Waals surface area contributed by atoms with Gasteiger partial charge in [-0.2, -0.15) is 0 Å². The van der Waals surface area contributed by atoms with E-state index < -0.39 is 0 Å². The lowest BCUT2D eigenvalue weighted by Crippen LogP contribution is -2.54. The highest BCUT2D eigenvalue weighted by Crippen LogP contribution is 2.24. The Morgan fingerprint density at radius 3 is 2.21 bits per heavy atom. The molecule has 1 aliphatic rings. The minimum absolute atomic E-state index is 0.0574. The summed E-state index contributed by atoms with van der Waals surface area (Å²) in [5, 5.41) is 1.82. The Morgan fingerprint density at radius 2 is 1.45 bits per heavy atom. The second kappa shape index (κ2) is 8.84. The zero-order valence-electron chi connectivity index (χ0n) is 16.3. The van der Waals surface area contributed by atoms with Crippen molar-refractivity contribution in [2.75, 3.05) is 6.54 Å². The van der Waals surface area contributed by atoms with Crippen LogP contribution in [0.5, 0.6) is 0 Å². The normalized spacial score (nSPS) is 16.9. The predicted molar refractivity (Wildman–Crippen MR) is 114 cm³/mol. The number of nitrogens with one attached hydrogen (secondary N) is 1. The first-order valence-corrected chi connectivity index (χ1v) is 10.1. The van der Waals surface area contributed by atoms with Crippen LogP contribution in [0.15, 0.2) is 84.9 Å². The molecule has 1 saturated heterocycles. The van der Waals surface area contributed by atoms with Crippen molar-refractivity contribution in [3.05, 3.63) is 96.1 Å². The topological polar surface area (TPSA) is 49.4 Å². The number of hydrazine groups is 1. The number of carbonyl (C=O) groups excluding carboxylic acids is 2. The highest BCUT2D eigenvalue weighted by atomic mass is 16.2. The van der Waals surface area contributed by atoms with Gasteiger partial charge < -0.3 is 0 Å². The van der Waals surface area contributed by atoms with Crippen molar-refractivity contribution in [2.24, 2.45) is 0 Å². The van der Waals surface area contributed by atoms with E-state index in [1.807, 2.05) is 89.9 Å². The van der Waals surface area contributed by atoms with Gasteiger partial charge in [0.1, 0.15) is 0 Å². The van der Waals surface area contributed by atoms with Crippen LogP contribution in [0.2, 0.25) is 0 Å². The van der Waals surface area contributed by atoms with E-state index in [2.05, 4.69) is 5.43 Å². The van der Waals surface area contributed by atoms with Crippen LogP contribution in [0.1, 0.15) is 40.0 Å². The Balaban J connectivity index is 1.57. The predicted octanol–water partition coefficient (Wildman–Crippen LogP) is 4.74. The quantitative estimate of drug-likeness (QED) is 0.647. The summed E-state index contributed by atoms with van der Waals surface area (Å²) in [6.45, 7) is 0.669. The van der Waals surface area contributed by atoms with Gasteiger partial charge in [0.05, 0.1) is 6.04 Å². The molecule has 146 valence electrons. The number of ketones is 1. The van der Waals surface area contributed by atoms with E-state index in [-0.39, 0.29) is 17.7 Å². The summed E-state index contributed by atoms with van der Waals surface area (Å²) in [7, 11) is 0. The molecule has 1 amide bonds. The van der Waals surface area contributed by atoms with E-state index in [4.69, 9.17) is 0 Å². The Labute approximate surface area is 171 Å². The largest absolute Gasteiger partial charge is 0.292 e. The van der Waals surface area contributed by atoms with Gasteiger partial charge >= 0.3 is 0 Å². The van der Waals surface area contributed by atoms with Gasteiger partial charge in [0.15, 0.2) is 5.78 Å². The molecule has 3 aromatic rings. The summed E-state index contributed by atoms with van der Waals surface area (Å²) in [6, 6.07) is 26.4. The van der Waals surface area contributed by atoms with Crippen molar-refractivity contribution in [3.63, 3.8) is 0 Å². The van der Waals surface area contributed by atoms with Gasteiger partial charge in [0, 0.05) is 17.7 Å². The number of rotatable bonds is 5. The van der Waals surface area contributed by atoms with E-state index in [9.17, 15) is 9.59 Å². The summed E-state index contributed by atoms with van der Waals surface area (Å²) in [5.41, 5.74) is 6.19. The average molecular weight is 384 g/mol. The number of carbonyl (C=O) groups is 2. The molecule has 4 heteroatoms. The Kier molecular flexibility index (Phi) is 5.82. The number of benzene rings is 3. The van der Waals surface area contributed by atoms with Crippen molar-refractivity contribution < 1.29 is 9.59 Å². The maximum Gasteiger partial charge on any atom is 0.266 e. The zero-order valence-corrected chi connectivity index (χ0v) is 16.3. The molecule has 4 nitrogen and oxygen atoms in total. The Morgan fingerprint density at radius 1 is 0.793 bits per heavy atom. The zero-order chi connectivity index (χ0) is 20.1. The molecule has 1 fully saturated rings. The van der Waals surface area contributed by atoms with Crippen LogP contribution in [0.25, 0.3) is 11.1 Å². The maximum absolute atomic E-state index is 13.1. The van der Waals surface area contributed by atoms with E-state index in [0.717, 1.165) is 30.4 Å². The molecule has 0 spiro atoms. The van der Waals surface area contributed by atoms with Crippen molar-refractivity contribution in [1.29, 1.82) is 0 Å². The first-order chi connectivity index (χ1) is 14.2. The summed E-state index contributed by atoms with van der Waals surface area (Å²) in [4.78, 5) is 26.2. The number of Topliss-reactive ketones (excluding diaryl/α,β-unsaturated/α-hetero) is 1. The van der Waals surface area contributed by atoms with Gasteiger partial charge in [-0.15, -0.1) is 0 Å². The third-order valence-corrected chi connectivity index (χ3v) is 5.37. The molecule has 1 N–H and O–H groups in total. The molecule has 1 atom stereocenters. The minimum atomic E-state index is -0.334. The average Bonchev–Trinajstić information content (AvgIpc) is 2.80. The molecule has 0 radical (unpaired) electrons. The molecule has 1 aliphatic heterocycles. The van der Waals surface area contributed by atoms with Gasteiger partial charge in [-0.1, -0.05) is 85.3 Å². The number of hydrogen-bond acceptors (Lipinski definition) is 3. The Hall–Kier alpha value is -3.24. The standard InChI is InChI=1S/C25H24N2O2/c28-24(20-13-5-2-6-14-20)23-17-9-10-18-27(23)26-25(29)22-16-8-7-15-21(22)19-11-3-1-4-12-19/h1-8,11-16,23H,9-10,17-18H2,(H,26,29). The third-order valence-electron chi connectivity index (χ3n) is 5.37. The van der Waals surface area contributed by atoms with Crippen LogP contribution >= 0.6 is 0 Å². The molecule has 0 aliphatic carbocycles. The molecule has 1 heterocycles. The lowest BCUT2D eigenvalue weighted by atomic mass is 9.95. The van der Waals surface area contributed by atoms with Crippen LogP contribution < -0.4 is 5.43 Å². The Bertz CT molecular complexity index is 986. The third kappa shape index (κ3) is 4.28. The van der Waals surface area contributed by atoms with Crippen molar-refractivity contribution in [1.82, 2.24) is 10.4 Å². The van der Waals surface area contributed by atoms with E-state index >= 15 is 0 Å². The fraction of sp³-hybridized carbons (Fsp3) is 0.200. The highest BCUT2D eigenvalue weighted by Gasteiger charge is 2.31. The highest BCUT2D eigenvalue weighted by molar-refractivity contribution is 6.02. The summed E-state index contributed by atoms with van der Waals surface area (Å²) < 4.78 is 0. The lowest BCUT2D eigenvalue weighted by molar-refractivity contribution is 0.0501. The van der Waals surface area contributed by atoms with Crippen LogP contribution in [-0.2, 0) is 0 Å². The second-order valence-electron chi connectivity index (χ2n) is 7.29. The first kappa shape index (κ1) is 19.1. The van der Waals surface area contributed by atoms with E-state index in [1.54, 1.807) is 0 Å². The second-order valence-corrected chi connectivity index (χ2v) is 7.29. The molecular formula is C25H24N2O2. The van der Waals surface area contributed by atoms with Gasteiger partial charge in [-0.05, 0) is 30.0 Å². The van der Waals surface area contributed by atoms with Gasteiger partial charge in [-0.3, -0.25) is 15.0 Å². The molecule has 4 rings (SSSR count). The molecule has 1 unspecified atom stereocenters. The fourth-order valence-electron chi connectivity index (χ4n) is 3.87. The molecule has 3 aromatic carbocycles. The van der Waals surface area contributed by atoms with E-state index in [0.29, 0.717) is 17.7 Å². The van der Waals surface area contributed by atoms with Crippen molar-refractivity contribution in [2.45, 2.75) is 25.3 Å². The number of amides is 1. The smallest absolute Gasteiger partial charge is 0.266 e. The van der Waals surface area contributed by atoms with Gasteiger partial charge in [-0.25, -0.2) is 5.01 Å². The van der Waals surface area contributed by atoms with E-state index in [1.165, 1.54) is 0 Å². The number of hydrogen-bond donors (Lipinski definition) is 1. The monoisotopic (exact) mass is 384 g/mol. The molecular weight excluding hydrogens is 360 g/mol. The van der Waals surface area contributed by atoms with Crippen molar-refractivity contribution in [3.8, 4) is 11.1 Å². The van der Waals surface area contributed by atoms with Crippen LogP contribution in [-0.4, -0.2) is 29.3 Å². The van der Waals surface area contributed by atoms with Crippen molar-refractivity contribution >= 4 is 11.7 Å². The molecule has 29 heavy (non-hydrogen) atoms. The summed E-state index contributed by atoms with van der Waals surface area (Å²) in [5.74, 6) is -0.126. The molecule has 0 aromatic heterocycles. The lowest BCUT2D eigenvalue weighted by Gasteiger charge is -2.34. The molecule has 0 bridgehead atoms.